The fourth-order valence-corrected chi connectivity index (χ4v) is 1.75. The Morgan fingerprint density at radius 3 is 2.64 bits per heavy atom. The maximum Gasteiger partial charge on any atom is 0.338 e. The van der Waals surface area contributed by atoms with E-state index in [-0.39, 0.29) is 17.2 Å². The van der Waals surface area contributed by atoms with Crippen LogP contribution in [0, 0.1) is 10.1 Å². The molecule has 0 bridgehead atoms. The molecule has 118 valence electrons. The number of carbonyl (C=O) groups is 2. The molecule has 0 radical (unpaired) electrons. The fraction of sp³-hybridized carbons (Fsp3) is 0.333. The quantitative estimate of drug-likeness (QED) is 0.333. The van der Waals surface area contributed by atoms with Gasteiger partial charge >= 0.3 is 5.97 Å². The van der Waals surface area contributed by atoms with Crippen molar-refractivity contribution in [2.45, 2.75) is 13.8 Å². The molecular weight excluding hydrogens is 288 g/mol. The topological polar surface area (TPSA) is 89.8 Å². The summed E-state index contributed by atoms with van der Waals surface area (Å²) in [5.74, 6) is -1.12. The molecule has 0 saturated carbocycles. The number of carbonyl (C=O) groups excluding carboxylic acids is 2. The highest BCUT2D eigenvalue weighted by Gasteiger charge is 2.17. The average Bonchev–Trinajstić information content (AvgIpc) is 2.49. The Balaban J connectivity index is 2.65. The van der Waals surface area contributed by atoms with Crippen molar-refractivity contribution in [2.75, 3.05) is 19.7 Å². The highest BCUT2D eigenvalue weighted by Crippen LogP contribution is 2.13. The zero-order valence-corrected chi connectivity index (χ0v) is 12.6. The largest absolute Gasteiger partial charge is 0.452 e. The highest BCUT2D eigenvalue weighted by atomic mass is 16.6. The average molecular weight is 306 g/mol. The molecule has 0 saturated heterocycles. The second-order valence-corrected chi connectivity index (χ2v) is 4.75. The number of non-ortho nitro benzene ring substituents is 1. The van der Waals surface area contributed by atoms with Crippen LogP contribution in [0.5, 0.6) is 0 Å². The van der Waals surface area contributed by atoms with E-state index in [0.717, 1.165) is 11.6 Å². The molecule has 0 aliphatic rings. The van der Waals surface area contributed by atoms with E-state index in [1.807, 2.05) is 6.92 Å². The summed E-state index contributed by atoms with van der Waals surface area (Å²) in [5.41, 5.74) is 0.642. The first-order valence-electron chi connectivity index (χ1n) is 6.68. The number of rotatable bonds is 7. The lowest BCUT2D eigenvalue weighted by molar-refractivity contribution is -0.384. The molecule has 0 aliphatic heterocycles. The van der Waals surface area contributed by atoms with Crippen LogP contribution < -0.4 is 0 Å². The van der Waals surface area contributed by atoms with E-state index < -0.39 is 17.5 Å². The van der Waals surface area contributed by atoms with Crippen LogP contribution in [-0.2, 0) is 9.53 Å². The smallest absolute Gasteiger partial charge is 0.338 e. The standard InChI is InChI=1S/C15H18N2O5/c1-4-16(9-11(2)3)14(18)10-22-15(19)12-6-5-7-13(8-12)17(20)21/h5-8H,2,4,9-10H2,1,3H3. The third-order valence-electron chi connectivity index (χ3n) is 2.81. The van der Waals surface area contributed by atoms with Crippen LogP contribution in [0.25, 0.3) is 0 Å². The number of nitro benzene ring substituents is 1. The lowest BCUT2D eigenvalue weighted by Crippen LogP contribution is -2.35. The number of likely N-dealkylation sites (N-methyl/N-ethyl adjacent to an activating group) is 1. The number of ether oxygens (including phenoxy) is 1. The molecule has 1 aromatic rings. The Hall–Kier alpha value is -2.70. The summed E-state index contributed by atoms with van der Waals surface area (Å²) in [4.78, 5) is 35.3. The molecular formula is C15H18N2O5. The molecule has 0 unspecified atom stereocenters. The number of nitrogens with zero attached hydrogens (tertiary/aromatic N) is 2. The van der Waals surface area contributed by atoms with E-state index in [1.165, 1.54) is 23.1 Å². The molecule has 1 rings (SSSR count). The minimum Gasteiger partial charge on any atom is -0.452 e. The van der Waals surface area contributed by atoms with Gasteiger partial charge in [0.15, 0.2) is 6.61 Å². The monoisotopic (exact) mass is 306 g/mol. The van der Waals surface area contributed by atoms with Crippen molar-refractivity contribution in [1.82, 2.24) is 4.90 Å². The lowest BCUT2D eigenvalue weighted by Gasteiger charge is -2.20. The van der Waals surface area contributed by atoms with Crippen molar-refractivity contribution in [3.63, 3.8) is 0 Å². The molecule has 0 spiro atoms. The Morgan fingerprint density at radius 2 is 2.09 bits per heavy atom. The molecule has 7 nitrogen and oxygen atoms in total. The summed E-state index contributed by atoms with van der Waals surface area (Å²) in [5, 5.41) is 10.7. The molecule has 22 heavy (non-hydrogen) atoms. The molecule has 0 heterocycles. The van der Waals surface area contributed by atoms with Gasteiger partial charge in [0, 0.05) is 25.2 Å². The van der Waals surface area contributed by atoms with Gasteiger partial charge in [0.1, 0.15) is 0 Å². The summed E-state index contributed by atoms with van der Waals surface area (Å²) < 4.78 is 4.91. The maximum absolute atomic E-state index is 11.9. The third-order valence-corrected chi connectivity index (χ3v) is 2.81. The molecule has 7 heteroatoms. The van der Waals surface area contributed by atoms with Gasteiger partial charge in [0.25, 0.3) is 11.6 Å². The van der Waals surface area contributed by atoms with Crippen LogP contribution in [0.15, 0.2) is 36.4 Å². The van der Waals surface area contributed by atoms with Crippen LogP contribution >= 0.6 is 0 Å². The van der Waals surface area contributed by atoms with Crippen molar-refractivity contribution in [3.8, 4) is 0 Å². The van der Waals surface area contributed by atoms with E-state index in [9.17, 15) is 19.7 Å². The van der Waals surface area contributed by atoms with Gasteiger partial charge in [-0.15, -0.1) is 0 Å². The van der Waals surface area contributed by atoms with Gasteiger partial charge in [0.05, 0.1) is 10.5 Å². The highest BCUT2D eigenvalue weighted by molar-refractivity contribution is 5.91. The van der Waals surface area contributed by atoms with Crippen LogP contribution in [0.4, 0.5) is 5.69 Å². The minimum absolute atomic E-state index is 0.0324. The SMILES string of the molecule is C=C(C)CN(CC)C(=O)COC(=O)c1cccc([N+](=O)[O-])c1. The molecule has 0 N–H and O–H groups in total. The number of esters is 1. The minimum atomic E-state index is -0.775. The first-order chi connectivity index (χ1) is 10.3. The molecule has 0 aromatic heterocycles. The van der Waals surface area contributed by atoms with Crippen molar-refractivity contribution in [2.24, 2.45) is 0 Å². The number of benzene rings is 1. The van der Waals surface area contributed by atoms with Crippen LogP contribution in [-0.4, -0.2) is 41.4 Å². The third kappa shape index (κ3) is 5.01. The zero-order valence-electron chi connectivity index (χ0n) is 12.6. The Kier molecular flexibility index (Phi) is 6.25. The summed E-state index contributed by atoms with van der Waals surface area (Å²) in [6.07, 6.45) is 0. The van der Waals surface area contributed by atoms with E-state index in [4.69, 9.17) is 4.74 Å². The molecule has 0 fully saturated rings. The van der Waals surface area contributed by atoms with E-state index in [2.05, 4.69) is 6.58 Å². The van der Waals surface area contributed by atoms with E-state index >= 15 is 0 Å². The van der Waals surface area contributed by atoms with Gasteiger partial charge in [-0.25, -0.2) is 4.79 Å². The summed E-state index contributed by atoms with van der Waals surface area (Å²) >= 11 is 0. The number of hydrogen-bond acceptors (Lipinski definition) is 5. The van der Waals surface area contributed by atoms with Gasteiger partial charge < -0.3 is 9.64 Å². The second-order valence-electron chi connectivity index (χ2n) is 4.75. The Bertz CT molecular complexity index is 597. The van der Waals surface area contributed by atoms with Crippen LogP contribution in [0.1, 0.15) is 24.2 Å². The second kappa shape index (κ2) is 7.92. The Labute approximate surface area is 128 Å². The van der Waals surface area contributed by atoms with Crippen molar-refractivity contribution in [1.29, 1.82) is 0 Å². The van der Waals surface area contributed by atoms with Crippen LogP contribution in [0.2, 0.25) is 0 Å². The predicted octanol–water partition coefficient (Wildman–Crippen LogP) is 2.18. The number of hydrogen-bond donors (Lipinski definition) is 0. The molecule has 1 aromatic carbocycles. The lowest BCUT2D eigenvalue weighted by atomic mass is 10.2. The number of nitro groups is 1. The normalized spacial score (nSPS) is 9.91. The van der Waals surface area contributed by atoms with Crippen molar-refractivity contribution in [3.05, 3.63) is 52.1 Å². The van der Waals surface area contributed by atoms with E-state index in [0.29, 0.717) is 13.1 Å². The Morgan fingerprint density at radius 1 is 1.41 bits per heavy atom. The van der Waals surface area contributed by atoms with Gasteiger partial charge in [-0.2, -0.15) is 0 Å². The summed E-state index contributed by atoms with van der Waals surface area (Å²) in [6.45, 7) is 7.79. The number of amides is 1. The van der Waals surface area contributed by atoms with Gasteiger partial charge in [0.2, 0.25) is 0 Å². The predicted molar refractivity (Wildman–Crippen MR) is 80.4 cm³/mol. The zero-order chi connectivity index (χ0) is 16.7. The maximum atomic E-state index is 11.9. The van der Waals surface area contributed by atoms with Gasteiger partial charge in [-0.3, -0.25) is 14.9 Å². The van der Waals surface area contributed by atoms with Gasteiger partial charge in [-0.1, -0.05) is 18.2 Å². The van der Waals surface area contributed by atoms with Crippen LogP contribution in [0.3, 0.4) is 0 Å². The fourth-order valence-electron chi connectivity index (χ4n) is 1.75. The molecule has 0 aliphatic carbocycles. The molecule has 0 atom stereocenters. The van der Waals surface area contributed by atoms with Crippen molar-refractivity contribution < 1.29 is 19.2 Å². The van der Waals surface area contributed by atoms with Crippen molar-refractivity contribution >= 4 is 17.6 Å². The summed E-state index contributed by atoms with van der Waals surface area (Å²) in [6, 6.07) is 5.16. The first kappa shape index (κ1) is 17.4. The summed E-state index contributed by atoms with van der Waals surface area (Å²) in [7, 11) is 0. The first-order valence-corrected chi connectivity index (χ1v) is 6.68. The van der Waals surface area contributed by atoms with Gasteiger partial charge in [-0.05, 0) is 19.9 Å². The van der Waals surface area contributed by atoms with E-state index in [1.54, 1.807) is 6.92 Å². The molecule has 1 amide bonds.